The van der Waals surface area contributed by atoms with Crippen molar-refractivity contribution in [3.05, 3.63) is 71.7 Å². The number of nitrogens with zero attached hydrogens (tertiary/aromatic N) is 2. The van der Waals surface area contributed by atoms with Gasteiger partial charge in [0.1, 0.15) is 17.4 Å². The van der Waals surface area contributed by atoms with Gasteiger partial charge >= 0.3 is 0 Å². The fourth-order valence-corrected chi connectivity index (χ4v) is 3.73. The molecule has 0 fully saturated rings. The molecule has 1 amide bonds. The quantitative estimate of drug-likeness (QED) is 0.463. The monoisotopic (exact) mass is 406 g/mol. The molecule has 0 aliphatic carbocycles. The van der Waals surface area contributed by atoms with E-state index in [2.05, 4.69) is 15.6 Å². The Bertz CT molecular complexity index is 1190. The largest absolute Gasteiger partial charge is 0.448 e. The maximum absolute atomic E-state index is 13.6. The number of amides is 1. The summed E-state index contributed by atoms with van der Waals surface area (Å²) in [6, 6.07) is 17.3. The third-order valence-corrected chi connectivity index (χ3v) is 5.24. The van der Waals surface area contributed by atoms with E-state index in [4.69, 9.17) is 9.68 Å². The normalized spacial score (nSPS) is 10.6. The number of para-hydroxylation sites is 1. The summed E-state index contributed by atoms with van der Waals surface area (Å²) < 4.78 is 20.3. The molecular weight excluding hydrogens is 391 g/mol. The summed E-state index contributed by atoms with van der Waals surface area (Å²) in [5.41, 5.74) is 1.22. The van der Waals surface area contributed by atoms with Crippen molar-refractivity contribution in [1.82, 2.24) is 10.3 Å². The number of thiazole rings is 1. The SMILES string of the molecule is N#Cc1c(F)cccc1NCCNC(=O)c1ccc(-c2nc3ccccc3s2)o1. The van der Waals surface area contributed by atoms with Crippen LogP contribution in [0.15, 0.2) is 59.0 Å². The second-order valence-corrected chi connectivity index (χ2v) is 7.14. The molecule has 2 heterocycles. The third kappa shape index (κ3) is 3.95. The van der Waals surface area contributed by atoms with Crippen LogP contribution in [0, 0.1) is 17.1 Å². The van der Waals surface area contributed by atoms with Gasteiger partial charge in [-0.2, -0.15) is 5.26 Å². The number of nitrogens with one attached hydrogen (secondary N) is 2. The number of aromatic nitrogens is 1. The topological polar surface area (TPSA) is 91.0 Å². The van der Waals surface area contributed by atoms with Crippen molar-refractivity contribution in [3.8, 4) is 16.8 Å². The second-order valence-electron chi connectivity index (χ2n) is 6.11. The highest BCUT2D eigenvalue weighted by Gasteiger charge is 2.15. The molecule has 0 radical (unpaired) electrons. The zero-order chi connectivity index (χ0) is 20.2. The highest BCUT2D eigenvalue weighted by Crippen LogP contribution is 2.31. The van der Waals surface area contributed by atoms with Gasteiger partial charge in [-0.15, -0.1) is 11.3 Å². The van der Waals surface area contributed by atoms with Crippen LogP contribution < -0.4 is 10.6 Å². The standard InChI is InChI=1S/C21H15FN4O2S/c22-14-4-3-6-15(13(14)12-23)24-10-11-25-20(27)17-8-9-18(28-17)21-26-16-5-1-2-7-19(16)29-21/h1-9,24H,10-11H2,(H,25,27). The smallest absolute Gasteiger partial charge is 0.287 e. The zero-order valence-electron chi connectivity index (χ0n) is 15.1. The van der Waals surface area contributed by atoms with Crippen LogP contribution in [0.5, 0.6) is 0 Å². The van der Waals surface area contributed by atoms with Gasteiger partial charge in [0.25, 0.3) is 5.91 Å². The minimum Gasteiger partial charge on any atom is -0.448 e. The molecule has 2 aromatic heterocycles. The Labute approximate surface area is 169 Å². The van der Waals surface area contributed by atoms with Crippen LogP contribution in [0.4, 0.5) is 10.1 Å². The van der Waals surface area contributed by atoms with E-state index in [0.717, 1.165) is 10.2 Å². The number of furan rings is 1. The maximum atomic E-state index is 13.6. The van der Waals surface area contributed by atoms with Gasteiger partial charge in [0.05, 0.1) is 15.9 Å². The van der Waals surface area contributed by atoms with Gasteiger partial charge in [0.2, 0.25) is 0 Å². The Morgan fingerprint density at radius 1 is 1.14 bits per heavy atom. The molecule has 0 bridgehead atoms. The summed E-state index contributed by atoms with van der Waals surface area (Å²) in [7, 11) is 0. The molecule has 0 spiro atoms. The number of rotatable bonds is 6. The van der Waals surface area contributed by atoms with E-state index in [0.29, 0.717) is 23.0 Å². The van der Waals surface area contributed by atoms with Crippen molar-refractivity contribution in [3.63, 3.8) is 0 Å². The molecule has 0 saturated heterocycles. The average Bonchev–Trinajstić information content (AvgIpc) is 3.38. The third-order valence-electron chi connectivity index (χ3n) is 4.19. The predicted octanol–water partition coefficient (Wildman–Crippen LogP) is 4.41. The Balaban J connectivity index is 1.35. The van der Waals surface area contributed by atoms with Crippen molar-refractivity contribution >= 4 is 33.1 Å². The van der Waals surface area contributed by atoms with Gasteiger partial charge in [-0.25, -0.2) is 9.37 Å². The molecule has 4 aromatic rings. The van der Waals surface area contributed by atoms with Crippen molar-refractivity contribution in [2.45, 2.75) is 0 Å². The number of benzene rings is 2. The van der Waals surface area contributed by atoms with Crippen LogP contribution in [0.3, 0.4) is 0 Å². The fraction of sp³-hybridized carbons (Fsp3) is 0.0952. The van der Waals surface area contributed by atoms with Crippen LogP contribution in [0.1, 0.15) is 16.1 Å². The number of nitriles is 1. The lowest BCUT2D eigenvalue weighted by atomic mass is 10.2. The molecular formula is C21H15FN4O2S. The molecule has 0 unspecified atom stereocenters. The lowest BCUT2D eigenvalue weighted by Gasteiger charge is -2.09. The first-order valence-electron chi connectivity index (χ1n) is 8.82. The summed E-state index contributed by atoms with van der Waals surface area (Å²) >= 11 is 1.50. The van der Waals surface area contributed by atoms with E-state index in [9.17, 15) is 9.18 Å². The number of carbonyl (C=O) groups excluding carboxylic acids is 1. The van der Waals surface area contributed by atoms with Crippen LogP contribution in [-0.2, 0) is 0 Å². The molecule has 0 aliphatic rings. The van der Waals surface area contributed by atoms with Crippen LogP contribution >= 0.6 is 11.3 Å². The van der Waals surface area contributed by atoms with E-state index >= 15 is 0 Å². The highest BCUT2D eigenvalue weighted by atomic mass is 32.1. The second kappa shape index (κ2) is 8.12. The van der Waals surface area contributed by atoms with Crippen LogP contribution in [0.2, 0.25) is 0 Å². The van der Waals surface area contributed by atoms with Crippen molar-refractivity contribution in [2.75, 3.05) is 18.4 Å². The summed E-state index contributed by atoms with van der Waals surface area (Å²) in [5.74, 6) is -0.228. The number of carbonyl (C=O) groups is 1. The summed E-state index contributed by atoms with van der Waals surface area (Å²) in [6.07, 6.45) is 0. The van der Waals surface area contributed by atoms with Crippen molar-refractivity contribution in [1.29, 1.82) is 5.26 Å². The lowest BCUT2D eigenvalue weighted by Crippen LogP contribution is -2.28. The molecule has 2 aromatic carbocycles. The number of anilines is 1. The minimum atomic E-state index is -0.584. The molecule has 0 saturated carbocycles. The molecule has 2 N–H and O–H groups in total. The van der Waals surface area contributed by atoms with Crippen LogP contribution in [0.25, 0.3) is 21.0 Å². The zero-order valence-corrected chi connectivity index (χ0v) is 15.9. The first kappa shape index (κ1) is 18.7. The Morgan fingerprint density at radius 2 is 2.00 bits per heavy atom. The van der Waals surface area contributed by atoms with Gasteiger partial charge in [-0.1, -0.05) is 18.2 Å². The molecule has 144 valence electrons. The number of hydrogen-bond donors (Lipinski definition) is 2. The van der Waals surface area contributed by atoms with Crippen molar-refractivity contribution in [2.24, 2.45) is 0 Å². The van der Waals surface area contributed by atoms with Gasteiger partial charge in [0.15, 0.2) is 16.5 Å². The maximum Gasteiger partial charge on any atom is 0.287 e. The molecule has 4 rings (SSSR count). The van der Waals surface area contributed by atoms with Gasteiger partial charge in [-0.3, -0.25) is 4.79 Å². The first-order chi connectivity index (χ1) is 14.2. The van der Waals surface area contributed by atoms with E-state index in [1.54, 1.807) is 18.2 Å². The predicted molar refractivity (Wildman–Crippen MR) is 109 cm³/mol. The Kier molecular flexibility index (Phi) is 5.22. The molecule has 8 heteroatoms. The van der Waals surface area contributed by atoms with Crippen LogP contribution in [-0.4, -0.2) is 24.0 Å². The highest BCUT2D eigenvalue weighted by molar-refractivity contribution is 7.21. The van der Waals surface area contributed by atoms with Crippen molar-refractivity contribution < 1.29 is 13.6 Å². The summed E-state index contributed by atoms with van der Waals surface area (Å²) in [6.45, 7) is 0.604. The van der Waals surface area contributed by atoms with Gasteiger partial charge in [0, 0.05) is 13.1 Å². The molecule has 6 nitrogen and oxygen atoms in total. The van der Waals surface area contributed by atoms with E-state index < -0.39 is 5.82 Å². The Hall–Kier alpha value is -3.70. The van der Waals surface area contributed by atoms with E-state index in [1.807, 2.05) is 30.3 Å². The Morgan fingerprint density at radius 3 is 2.83 bits per heavy atom. The number of halogens is 1. The number of hydrogen-bond acceptors (Lipinski definition) is 6. The molecule has 0 aliphatic heterocycles. The fourth-order valence-electron chi connectivity index (χ4n) is 2.80. The van der Waals surface area contributed by atoms with Gasteiger partial charge < -0.3 is 15.1 Å². The number of fused-ring (bicyclic) bond motifs is 1. The van der Waals surface area contributed by atoms with E-state index in [1.165, 1.54) is 23.5 Å². The first-order valence-corrected chi connectivity index (χ1v) is 9.64. The minimum absolute atomic E-state index is 0.0506. The molecule has 0 atom stereocenters. The summed E-state index contributed by atoms with van der Waals surface area (Å²) in [4.78, 5) is 16.8. The lowest BCUT2D eigenvalue weighted by molar-refractivity contribution is 0.0928. The summed E-state index contributed by atoms with van der Waals surface area (Å²) in [5, 5.41) is 15.4. The average molecular weight is 406 g/mol. The molecule has 29 heavy (non-hydrogen) atoms. The van der Waals surface area contributed by atoms with Gasteiger partial charge in [-0.05, 0) is 36.4 Å². The van der Waals surface area contributed by atoms with E-state index in [-0.39, 0.29) is 23.8 Å².